The highest BCUT2D eigenvalue weighted by Crippen LogP contribution is 2.32. The first kappa shape index (κ1) is 23.1. The Balaban J connectivity index is 1.37. The van der Waals surface area contributed by atoms with Gasteiger partial charge in [-0.25, -0.2) is 0 Å². The molecule has 0 spiro atoms. The third-order valence-corrected chi connectivity index (χ3v) is 5.56. The van der Waals surface area contributed by atoms with Gasteiger partial charge in [-0.15, -0.1) is 0 Å². The number of aromatic nitrogens is 1. The second kappa shape index (κ2) is 11.7. The van der Waals surface area contributed by atoms with Crippen molar-refractivity contribution in [1.29, 1.82) is 0 Å². The predicted molar refractivity (Wildman–Crippen MR) is 133 cm³/mol. The summed E-state index contributed by atoms with van der Waals surface area (Å²) in [6.07, 6.45) is 3.49. The van der Waals surface area contributed by atoms with Gasteiger partial charge in [-0.1, -0.05) is 60.7 Å². The van der Waals surface area contributed by atoms with Gasteiger partial charge in [0.1, 0.15) is 6.61 Å². The molecule has 0 saturated carbocycles. The van der Waals surface area contributed by atoms with Gasteiger partial charge in [0.05, 0.1) is 19.3 Å². The average molecular weight is 453 g/mol. The van der Waals surface area contributed by atoms with E-state index in [1.54, 1.807) is 13.3 Å². The molecule has 0 aliphatic rings. The number of methoxy groups -OCH3 is 1. The first-order chi connectivity index (χ1) is 16.7. The number of amides is 1. The van der Waals surface area contributed by atoms with Crippen molar-refractivity contribution in [3.63, 3.8) is 0 Å². The van der Waals surface area contributed by atoms with Crippen LogP contribution < -0.4 is 14.8 Å². The number of nitrogens with zero attached hydrogens (tertiary/aromatic N) is 1. The minimum absolute atomic E-state index is 0.133. The minimum atomic E-state index is -0.133. The van der Waals surface area contributed by atoms with Crippen molar-refractivity contribution < 1.29 is 14.3 Å². The van der Waals surface area contributed by atoms with Crippen LogP contribution in [0, 0.1) is 0 Å². The number of pyridine rings is 1. The van der Waals surface area contributed by atoms with Gasteiger partial charge in [-0.05, 0) is 59.9 Å². The number of rotatable bonds is 10. The zero-order valence-corrected chi connectivity index (χ0v) is 19.2. The topological polar surface area (TPSA) is 60.5 Å². The summed E-state index contributed by atoms with van der Waals surface area (Å²) in [4.78, 5) is 16.7. The first-order valence-corrected chi connectivity index (χ1v) is 11.3. The highest BCUT2D eigenvalue weighted by atomic mass is 16.5. The predicted octanol–water partition coefficient (Wildman–Crippen LogP) is 5.38. The van der Waals surface area contributed by atoms with Gasteiger partial charge in [0.15, 0.2) is 11.5 Å². The Morgan fingerprint density at radius 2 is 1.62 bits per heavy atom. The molecule has 0 aliphatic carbocycles. The molecule has 172 valence electrons. The number of para-hydroxylation sites is 1. The molecule has 0 aliphatic heterocycles. The number of aryl methyl sites for hydroxylation is 2. The molecule has 0 fully saturated rings. The quantitative estimate of drug-likeness (QED) is 0.351. The number of nitrogens with one attached hydrogen (secondary N) is 1. The third kappa shape index (κ3) is 6.23. The molecule has 5 heteroatoms. The maximum Gasteiger partial charge on any atom is 0.251 e. The monoisotopic (exact) mass is 452 g/mol. The molecule has 0 radical (unpaired) electrons. The summed E-state index contributed by atoms with van der Waals surface area (Å²) in [6.45, 7) is 0.776. The van der Waals surface area contributed by atoms with Crippen LogP contribution >= 0.6 is 0 Å². The van der Waals surface area contributed by atoms with Gasteiger partial charge >= 0.3 is 0 Å². The molecular weight excluding hydrogens is 424 g/mol. The maximum absolute atomic E-state index is 12.4. The number of hydrogen-bond acceptors (Lipinski definition) is 4. The van der Waals surface area contributed by atoms with E-state index < -0.39 is 0 Å². The van der Waals surface area contributed by atoms with Gasteiger partial charge in [-0.2, -0.15) is 0 Å². The van der Waals surface area contributed by atoms with Crippen LogP contribution in [0.15, 0.2) is 97.2 Å². The van der Waals surface area contributed by atoms with Crippen molar-refractivity contribution in [1.82, 2.24) is 10.3 Å². The fourth-order valence-corrected chi connectivity index (χ4v) is 3.69. The van der Waals surface area contributed by atoms with Crippen LogP contribution in [0.2, 0.25) is 0 Å². The Kier molecular flexibility index (Phi) is 7.90. The number of hydrogen-bond donors (Lipinski definition) is 1. The summed E-state index contributed by atoms with van der Waals surface area (Å²) in [5.41, 5.74) is 4.78. The molecule has 0 bridgehead atoms. The number of carbonyl (C=O) groups is 1. The molecule has 34 heavy (non-hydrogen) atoms. The van der Waals surface area contributed by atoms with E-state index in [2.05, 4.69) is 40.6 Å². The van der Waals surface area contributed by atoms with Gasteiger partial charge < -0.3 is 14.8 Å². The number of benzene rings is 3. The second-order valence-corrected chi connectivity index (χ2v) is 7.92. The summed E-state index contributed by atoms with van der Waals surface area (Å²) >= 11 is 0. The molecule has 5 nitrogen and oxygen atoms in total. The summed E-state index contributed by atoms with van der Waals surface area (Å²) in [6, 6.07) is 29.5. The van der Waals surface area contributed by atoms with E-state index in [1.807, 2.05) is 60.7 Å². The summed E-state index contributed by atoms with van der Waals surface area (Å²) in [5.74, 6) is 1.35. The second-order valence-electron chi connectivity index (χ2n) is 7.92. The van der Waals surface area contributed by atoms with Gasteiger partial charge in [-0.3, -0.25) is 9.78 Å². The summed E-state index contributed by atoms with van der Waals surface area (Å²) in [7, 11) is 1.65. The third-order valence-electron chi connectivity index (χ3n) is 5.56. The highest BCUT2D eigenvalue weighted by Gasteiger charge is 2.12. The van der Waals surface area contributed by atoms with Gasteiger partial charge in [0.25, 0.3) is 5.91 Å². The number of carbonyl (C=O) groups excluding carboxylic acids is 1. The molecule has 1 heterocycles. The largest absolute Gasteiger partial charge is 0.493 e. The summed E-state index contributed by atoms with van der Waals surface area (Å²) in [5, 5.41) is 2.89. The van der Waals surface area contributed by atoms with Crippen molar-refractivity contribution in [3.05, 3.63) is 125 Å². The molecule has 3 aromatic carbocycles. The molecule has 0 unspecified atom stereocenters. The standard InChI is InChI=1S/C29H28N2O3/c1-33-27-12-7-10-24(16-13-22-8-3-2-4-9-22)28(27)34-21-23-14-17-25(18-15-23)29(32)31-20-26-11-5-6-19-30-26/h2-12,14-15,17-19H,13,16,20-21H2,1H3,(H,31,32). The normalized spacial score (nSPS) is 10.5. The van der Waals surface area contributed by atoms with Gasteiger partial charge in [0, 0.05) is 11.8 Å². The SMILES string of the molecule is COc1cccc(CCc2ccccc2)c1OCc1ccc(C(=O)NCc2ccccn2)cc1. The fraction of sp³-hybridized carbons (Fsp3) is 0.172. The van der Waals surface area contributed by atoms with E-state index in [1.165, 1.54) is 5.56 Å². The van der Waals surface area contributed by atoms with E-state index >= 15 is 0 Å². The van der Waals surface area contributed by atoms with Crippen LogP contribution in [0.25, 0.3) is 0 Å². The minimum Gasteiger partial charge on any atom is -0.493 e. The zero-order valence-electron chi connectivity index (χ0n) is 19.2. The van der Waals surface area contributed by atoms with Crippen LogP contribution in [0.4, 0.5) is 0 Å². The fourth-order valence-electron chi connectivity index (χ4n) is 3.69. The average Bonchev–Trinajstić information content (AvgIpc) is 2.91. The van der Waals surface area contributed by atoms with Gasteiger partial charge in [0.2, 0.25) is 0 Å². The Bertz CT molecular complexity index is 1190. The van der Waals surface area contributed by atoms with E-state index in [4.69, 9.17) is 9.47 Å². The molecule has 1 aromatic heterocycles. The lowest BCUT2D eigenvalue weighted by molar-refractivity contribution is 0.0950. The molecule has 1 N–H and O–H groups in total. The van der Waals surface area contributed by atoms with Crippen LogP contribution in [-0.2, 0) is 26.0 Å². The van der Waals surface area contributed by atoms with E-state index in [0.29, 0.717) is 18.7 Å². The molecule has 4 rings (SSSR count). The summed E-state index contributed by atoms with van der Waals surface area (Å²) < 4.78 is 11.8. The van der Waals surface area contributed by atoms with Crippen LogP contribution in [0.1, 0.15) is 32.7 Å². The van der Waals surface area contributed by atoms with E-state index in [9.17, 15) is 4.79 Å². The number of ether oxygens (including phenoxy) is 2. The van der Waals surface area contributed by atoms with Crippen molar-refractivity contribution in [2.75, 3.05) is 7.11 Å². The van der Waals surface area contributed by atoms with Crippen LogP contribution in [0.3, 0.4) is 0 Å². The Morgan fingerprint density at radius 3 is 2.35 bits per heavy atom. The van der Waals surface area contributed by atoms with Crippen LogP contribution in [0.5, 0.6) is 11.5 Å². The Morgan fingerprint density at radius 1 is 0.824 bits per heavy atom. The van der Waals surface area contributed by atoms with Crippen molar-refractivity contribution in [3.8, 4) is 11.5 Å². The van der Waals surface area contributed by atoms with E-state index in [-0.39, 0.29) is 5.91 Å². The molecule has 1 amide bonds. The Hall–Kier alpha value is -4.12. The first-order valence-electron chi connectivity index (χ1n) is 11.3. The van der Waals surface area contributed by atoms with Crippen molar-refractivity contribution in [2.45, 2.75) is 26.0 Å². The molecule has 0 atom stereocenters. The molecule has 4 aromatic rings. The molecular formula is C29H28N2O3. The lowest BCUT2D eigenvalue weighted by Gasteiger charge is -2.15. The smallest absolute Gasteiger partial charge is 0.251 e. The zero-order chi connectivity index (χ0) is 23.6. The Labute approximate surface area is 200 Å². The van der Waals surface area contributed by atoms with Crippen molar-refractivity contribution >= 4 is 5.91 Å². The highest BCUT2D eigenvalue weighted by molar-refractivity contribution is 5.94. The van der Waals surface area contributed by atoms with E-state index in [0.717, 1.165) is 41.2 Å². The molecule has 0 saturated heterocycles. The maximum atomic E-state index is 12.4. The lowest BCUT2D eigenvalue weighted by atomic mass is 10.0. The lowest BCUT2D eigenvalue weighted by Crippen LogP contribution is -2.23. The van der Waals surface area contributed by atoms with Crippen LogP contribution in [-0.4, -0.2) is 18.0 Å². The van der Waals surface area contributed by atoms with Crippen molar-refractivity contribution in [2.24, 2.45) is 0 Å².